The van der Waals surface area contributed by atoms with Gasteiger partial charge in [-0.15, -0.1) is 0 Å². The maximum Gasteiger partial charge on any atom is 0.257 e. The van der Waals surface area contributed by atoms with Crippen LogP contribution in [0.25, 0.3) is 5.95 Å². The van der Waals surface area contributed by atoms with E-state index in [4.69, 9.17) is 0 Å². The Kier molecular flexibility index (Phi) is 4.16. The van der Waals surface area contributed by atoms with Gasteiger partial charge in [0.05, 0.1) is 5.69 Å². The van der Waals surface area contributed by atoms with Gasteiger partial charge in [0.25, 0.3) is 5.95 Å². The summed E-state index contributed by atoms with van der Waals surface area (Å²) in [4.78, 5) is 15.0. The Morgan fingerprint density at radius 1 is 1.25 bits per heavy atom. The molecule has 0 aliphatic rings. The van der Waals surface area contributed by atoms with Gasteiger partial charge in [0, 0.05) is 26.8 Å². The molecule has 0 saturated heterocycles. The van der Waals surface area contributed by atoms with Gasteiger partial charge < -0.3 is 10.2 Å². The first-order valence-corrected chi connectivity index (χ1v) is 6.74. The normalized spacial score (nSPS) is 10.9. The average molecular weight is 275 g/mol. The van der Waals surface area contributed by atoms with Crippen LogP contribution in [-0.2, 0) is 0 Å². The predicted molar refractivity (Wildman–Crippen MR) is 79.5 cm³/mol. The first-order valence-electron chi connectivity index (χ1n) is 6.74. The van der Waals surface area contributed by atoms with Crippen molar-refractivity contribution in [1.82, 2.24) is 24.7 Å². The van der Waals surface area contributed by atoms with Crippen LogP contribution >= 0.6 is 0 Å². The molecule has 20 heavy (non-hydrogen) atoms. The molecule has 0 saturated carbocycles. The van der Waals surface area contributed by atoms with Gasteiger partial charge in [-0.25, -0.2) is 4.68 Å². The molecular formula is C13H21N7. The topological polar surface area (TPSA) is 71.8 Å². The number of hydrogen-bond donors (Lipinski definition) is 1. The second-order valence-electron chi connectivity index (χ2n) is 5.02. The summed E-state index contributed by atoms with van der Waals surface area (Å²) in [6, 6.07) is 1.98. The Bertz CT molecular complexity index is 574. The van der Waals surface area contributed by atoms with E-state index in [0.29, 0.717) is 23.8 Å². The van der Waals surface area contributed by atoms with Crippen molar-refractivity contribution < 1.29 is 0 Å². The molecule has 2 aromatic heterocycles. The Morgan fingerprint density at radius 3 is 2.55 bits per heavy atom. The van der Waals surface area contributed by atoms with Gasteiger partial charge in [-0.3, -0.25) is 0 Å². The molecule has 108 valence electrons. The summed E-state index contributed by atoms with van der Waals surface area (Å²) in [7, 11) is 3.80. The summed E-state index contributed by atoms with van der Waals surface area (Å²) in [5.41, 5.74) is 1.02. The molecule has 0 atom stereocenters. The summed E-state index contributed by atoms with van der Waals surface area (Å²) in [5.74, 6) is 2.06. The van der Waals surface area contributed by atoms with E-state index >= 15 is 0 Å². The number of nitrogens with zero attached hydrogens (tertiary/aromatic N) is 6. The van der Waals surface area contributed by atoms with E-state index in [-0.39, 0.29) is 0 Å². The minimum absolute atomic E-state index is 0.375. The van der Waals surface area contributed by atoms with Gasteiger partial charge in [0.15, 0.2) is 0 Å². The van der Waals surface area contributed by atoms with Crippen LogP contribution in [0.2, 0.25) is 0 Å². The molecule has 0 aliphatic carbocycles. The molecule has 7 heteroatoms. The Labute approximate surface area is 119 Å². The Hall–Kier alpha value is -2.18. The molecule has 0 radical (unpaired) electrons. The number of rotatable bonds is 5. The summed E-state index contributed by atoms with van der Waals surface area (Å²) >= 11 is 0. The highest BCUT2D eigenvalue weighted by Gasteiger charge is 2.11. The van der Waals surface area contributed by atoms with E-state index in [0.717, 1.165) is 12.2 Å². The zero-order valence-corrected chi connectivity index (χ0v) is 12.6. The highest BCUT2D eigenvalue weighted by molar-refractivity contribution is 5.38. The lowest BCUT2D eigenvalue weighted by Gasteiger charge is -2.12. The zero-order chi connectivity index (χ0) is 14.7. The van der Waals surface area contributed by atoms with Crippen molar-refractivity contribution in [2.45, 2.75) is 26.7 Å². The Morgan fingerprint density at radius 2 is 2.00 bits per heavy atom. The molecule has 0 bridgehead atoms. The largest absolute Gasteiger partial charge is 0.354 e. The third-order valence-electron chi connectivity index (χ3n) is 2.75. The summed E-state index contributed by atoms with van der Waals surface area (Å²) in [5, 5.41) is 7.61. The zero-order valence-electron chi connectivity index (χ0n) is 12.6. The summed E-state index contributed by atoms with van der Waals surface area (Å²) in [6.45, 7) is 6.97. The fourth-order valence-electron chi connectivity index (χ4n) is 1.65. The smallest absolute Gasteiger partial charge is 0.257 e. The van der Waals surface area contributed by atoms with Crippen molar-refractivity contribution in [3.63, 3.8) is 0 Å². The molecule has 2 rings (SSSR count). The van der Waals surface area contributed by atoms with Crippen molar-refractivity contribution in [2.75, 3.05) is 30.9 Å². The fourth-order valence-corrected chi connectivity index (χ4v) is 1.65. The predicted octanol–water partition coefficient (Wildman–Crippen LogP) is 1.68. The van der Waals surface area contributed by atoms with Crippen LogP contribution in [0.4, 0.5) is 11.9 Å². The first-order chi connectivity index (χ1) is 9.51. The van der Waals surface area contributed by atoms with Gasteiger partial charge in [-0.1, -0.05) is 13.8 Å². The quantitative estimate of drug-likeness (QED) is 0.895. The van der Waals surface area contributed by atoms with Gasteiger partial charge >= 0.3 is 0 Å². The van der Waals surface area contributed by atoms with Crippen LogP contribution in [0.5, 0.6) is 0 Å². The second kappa shape index (κ2) is 5.85. The minimum atomic E-state index is 0.375. The third kappa shape index (κ3) is 3.04. The summed E-state index contributed by atoms with van der Waals surface area (Å²) < 4.78 is 1.69. The first kappa shape index (κ1) is 14.2. The highest BCUT2D eigenvalue weighted by Crippen LogP contribution is 2.14. The molecule has 0 aromatic carbocycles. The van der Waals surface area contributed by atoms with E-state index in [9.17, 15) is 0 Å². The van der Waals surface area contributed by atoms with E-state index in [1.807, 2.05) is 38.2 Å². The monoisotopic (exact) mass is 275 g/mol. The maximum absolute atomic E-state index is 4.50. The molecule has 1 N–H and O–H groups in total. The van der Waals surface area contributed by atoms with Crippen molar-refractivity contribution in [3.8, 4) is 5.95 Å². The van der Waals surface area contributed by atoms with Crippen molar-refractivity contribution in [1.29, 1.82) is 0 Å². The molecular weight excluding hydrogens is 254 g/mol. The van der Waals surface area contributed by atoms with Gasteiger partial charge in [-0.05, 0) is 18.9 Å². The average Bonchev–Trinajstić information content (AvgIpc) is 2.88. The fraction of sp³-hybridized carbons (Fsp3) is 0.538. The molecule has 7 nitrogen and oxygen atoms in total. The SMILES string of the molecule is CCNc1nc(N(C)C)nc(-n2ccc(C(C)C)n2)n1. The van der Waals surface area contributed by atoms with Crippen molar-refractivity contribution in [3.05, 3.63) is 18.0 Å². The number of nitrogens with one attached hydrogen (secondary N) is 1. The maximum atomic E-state index is 4.50. The number of anilines is 2. The second-order valence-corrected chi connectivity index (χ2v) is 5.02. The standard InChI is InChI=1S/C13H21N7/c1-6-14-11-15-12(19(4)5)17-13(16-11)20-8-7-10(18-20)9(2)3/h7-9H,6H2,1-5H3,(H,14,15,16,17). The third-order valence-corrected chi connectivity index (χ3v) is 2.75. The van der Waals surface area contributed by atoms with E-state index in [1.165, 1.54) is 0 Å². The molecule has 0 amide bonds. The number of aromatic nitrogens is 5. The lowest BCUT2D eigenvalue weighted by molar-refractivity contribution is 0.736. The molecule has 2 heterocycles. The van der Waals surface area contributed by atoms with E-state index in [1.54, 1.807) is 4.68 Å². The van der Waals surface area contributed by atoms with Crippen LogP contribution < -0.4 is 10.2 Å². The molecule has 2 aromatic rings. The van der Waals surface area contributed by atoms with Crippen molar-refractivity contribution in [2.24, 2.45) is 0 Å². The van der Waals surface area contributed by atoms with Crippen LogP contribution in [-0.4, -0.2) is 45.4 Å². The molecule has 0 spiro atoms. The van der Waals surface area contributed by atoms with E-state index in [2.05, 4.69) is 39.2 Å². The number of hydrogen-bond acceptors (Lipinski definition) is 6. The van der Waals surface area contributed by atoms with Gasteiger partial charge in [0.2, 0.25) is 11.9 Å². The van der Waals surface area contributed by atoms with E-state index < -0.39 is 0 Å². The van der Waals surface area contributed by atoms with Crippen LogP contribution in [0, 0.1) is 0 Å². The minimum Gasteiger partial charge on any atom is -0.354 e. The molecule has 0 unspecified atom stereocenters. The van der Waals surface area contributed by atoms with Crippen LogP contribution in [0.3, 0.4) is 0 Å². The summed E-state index contributed by atoms with van der Waals surface area (Å²) in [6.07, 6.45) is 1.87. The lowest BCUT2D eigenvalue weighted by Crippen LogP contribution is -2.17. The van der Waals surface area contributed by atoms with Gasteiger partial charge in [0.1, 0.15) is 0 Å². The van der Waals surface area contributed by atoms with Gasteiger partial charge in [-0.2, -0.15) is 20.1 Å². The van der Waals surface area contributed by atoms with Crippen molar-refractivity contribution >= 4 is 11.9 Å². The molecule has 0 aliphatic heterocycles. The Balaban J connectivity index is 2.42. The van der Waals surface area contributed by atoms with Crippen LogP contribution in [0.15, 0.2) is 12.3 Å². The highest BCUT2D eigenvalue weighted by atomic mass is 15.4. The van der Waals surface area contributed by atoms with Crippen LogP contribution in [0.1, 0.15) is 32.4 Å². The molecule has 0 fully saturated rings. The lowest BCUT2D eigenvalue weighted by atomic mass is 10.1.